The van der Waals surface area contributed by atoms with E-state index in [4.69, 9.17) is 9.26 Å². The molecule has 0 unspecified atom stereocenters. The number of amides is 1. The van der Waals surface area contributed by atoms with Crippen molar-refractivity contribution in [2.24, 2.45) is 5.92 Å². The van der Waals surface area contributed by atoms with Crippen LogP contribution >= 0.6 is 0 Å². The van der Waals surface area contributed by atoms with E-state index in [1.807, 2.05) is 6.07 Å². The van der Waals surface area contributed by atoms with Crippen LogP contribution in [-0.4, -0.2) is 63.3 Å². The van der Waals surface area contributed by atoms with E-state index >= 15 is 0 Å². The first kappa shape index (κ1) is 27.9. The summed E-state index contributed by atoms with van der Waals surface area (Å²) in [5.41, 5.74) is 0.477. The van der Waals surface area contributed by atoms with Crippen molar-refractivity contribution in [2.45, 2.75) is 63.3 Å². The number of aromatic nitrogens is 2. The van der Waals surface area contributed by atoms with Gasteiger partial charge >= 0.3 is 5.97 Å². The number of piperidine rings is 1. The first-order valence-corrected chi connectivity index (χ1v) is 13.6. The summed E-state index contributed by atoms with van der Waals surface area (Å²) in [5, 5.41) is 17.3. The average Bonchev–Trinajstić information content (AvgIpc) is 3.44. The van der Waals surface area contributed by atoms with E-state index in [9.17, 15) is 23.5 Å². The number of benzene rings is 1. The normalized spacial score (nSPS) is 24.3. The number of halogens is 2. The zero-order valence-electron chi connectivity index (χ0n) is 22.1. The van der Waals surface area contributed by atoms with Crippen molar-refractivity contribution < 1.29 is 32.7 Å². The molecule has 0 spiro atoms. The summed E-state index contributed by atoms with van der Waals surface area (Å²) in [6, 6.07) is 9.01. The predicted octanol–water partition coefficient (Wildman–Crippen LogP) is 4.04. The third kappa shape index (κ3) is 6.20. The minimum Gasteiger partial charge on any atom is -0.456 e. The second-order valence-corrected chi connectivity index (χ2v) is 10.4. The number of aliphatic hydroxyl groups is 1. The standard InChI is InChI=1S/C29H32F2N4O5/c1-17(22-6-4-5-12-32-22)39-29(38)20-16-35(25-7-2-3-8-26(25)36)13-11-23(20)33-28(37)24-15-27(40-34-24)19-10-9-18(30)14-21(19)31/h4-6,9-10,12,14-15,17,20,23,25-26,36H,2-3,7-8,11,13,16H2,1H3,(H,33,37)/t17-,20+,23+,25-,26+/m0/s1. The Bertz CT molecular complexity index is 1340. The molecule has 1 amide bonds. The highest BCUT2D eigenvalue weighted by Crippen LogP contribution is 2.30. The van der Waals surface area contributed by atoms with Crippen molar-refractivity contribution in [1.29, 1.82) is 0 Å². The molecule has 3 aromatic rings. The fourth-order valence-corrected chi connectivity index (χ4v) is 5.59. The predicted molar refractivity (Wildman–Crippen MR) is 140 cm³/mol. The van der Waals surface area contributed by atoms with Crippen LogP contribution in [0.5, 0.6) is 0 Å². The van der Waals surface area contributed by atoms with Crippen LogP contribution < -0.4 is 5.32 Å². The molecule has 1 saturated heterocycles. The van der Waals surface area contributed by atoms with E-state index in [2.05, 4.69) is 20.4 Å². The summed E-state index contributed by atoms with van der Waals surface area (Å²) in [6.45, 7) is 2.63. The third-order valence-corrected chi connectivity index (χ3v) is 7.76. The van der Waals surface area contributed by atoms with Gasteiger partial charge in [-0.1, -0.05) is 24.1 Å². The highest BCUT2D eigenvalue weighted by molar-refractivity contribution is 5.93. The van der Waals surface area contributed by atoms with Crippen LogP contribution in [0.3, 0.4) is 0 Å². The van der Waals surface area contributed by atoms with Crippen molar-refractivity contribution >= 4 is 11.9 Å². The van der Waals surface area contributed by atoms with E-state index in [0.717, 1.165) is 37.8 Å². The number of esters is 1. The lowest BCUT2D eigenvalue weighted by Crippen LogP contribution is -2.58. The van der Waals surface area contributed by atoms with E-state index < -0.39 is 47.7 Å². The fraction of sp³-hybridized carbons (Fsp3) is 0.448. The van der Waals surface area contributed by atoms with Crippen LogP contribution in [0.2, 0.25) is 0 Å². The monoisotopic (exact) mass is 554 g/mol. The van der Waals surface area contributed by atoms with E-state index in [1.54, 1.807) is 25.3 Å². The Labute approximate surface area is 230 Å². The number of rotatable bonds is 7. The number of carbonyl (C=O) groups excluding carboxylic acids is 2. The molecule has 212 valence electrons. The zero-order valence-corrected chi connectivity index (χ0v) is 22.1. The lowest BCUT2D eigenvalue weighted by molar-refractivity contribution is -0.158. The molecule has 2 aliphatic rings. The molecule has 1 saturated carbocycles. The number of nitrogens with zero attached hydrogens (tertiary/aromatic N) is 3. The molecule has 1 aromatic carbocycles. The van der Waals surface area contributed by atoms with Gasteiger partial charge in [-0.3, -0.25) is 19.5 Å². The number of nitrogens with one attached hydrogen (secondary N) is 1. The van der Waals surface area contributed by atoms with Crippen molar-refractivity contribution in [3.05, 3.63) is 71.7 Å². The number of carbonyl (C=O) groups is 2. The van der Waals surface area contributed by atoms with E-state index in [-0.39, 0.29) is 23.1 Å². The van der Waals surface area contributed by atoms with Gasteiger partial charge in [0.15, 0.2) is 11.5 Å². The van der Waals surface area contributed by atoms with Gasteiger partial charge < -0.3 is 19.7 Å². The molecule has 5 atom stereocenters. The second kappa shape index (κ2) is 12.2. The number of hydrogen-bond acceptors (Lipinski definition) is 8. The first-order chi connectivity index (χ1) is 19.3. The lowest BCUT2D eigenvalue weighted by atomic mass is 9.86. The van der Waals surface area contributed by atoms with Gasteiger partial charge in [0.05, 0.1) is 23.3 Å². The van der Waals surface area contributed by atoms with Gasteiger partial charge in [0, 0.05) is 43.5 Å². The van der Waals surface area contributed by atoms with Crippen LogP contribution in [0.25, 0.3) is 11.3 Å². The molecule has 2 fully saturated rings. The minimum atomic E-state index is -0.842. The molecule has 2 N–H and O–H groups in total. The molecule has 0 bridgehead atoms. The Morgan fingerprint density at radius 2 is 1.98 bits per heavy atom. The van der Waals surface area contributed by atoms with Gasteiger partial charge in [0.2, 0.25) is 0 Å². The number of likely N-dealkylation sites (tertiary alicyclic amines) is 1. The Hall–Kier alpha value is -3.70. The molecule has 0 radical (unpaired) electrons. The highest BCUT2D eigenvalue weighted by atomic mass is 19.1. The summed E-state index contributed by atoms with van der Waals surface area (Å²) < 4.78 is 38.4. The SMILES string of the molecule is C[C@H](OC(=O)[C@@H]1CN([C@H]2CCCC[C@H]2O)CC[C@H]1NC(=O)c1cc(-c2ccc(F)cc2F)on1)c1ccccn1. The van der Waals surface area contributed by atoms with Gasteiger partial charge in [0.1, 0.15) is 17.7 Å². The summed E-state index contributed by atoms with van der Waals surface area (Å²) in [7, 11) is 0. The molecule has 11 heteroatoms. The second-order valence-electron chi connectivity index (χ2n) is 10.4. The summed E-state index contributed by atoms with van der Waals surface area (Å²) in [4.78, 5) is 33.0. The summed E-state index contributed by atoms with van der Waals surface area (Å²) in [6.07, 6.45) is 4.55. The van der Waals surface area contributed by atoms with Crippen LogP contribution in [0, 0.1) is 17.6 Å². The van der Waals surface area contributed by atoms with Gasteiger partial charge in [-0.2, -0.15) is 0 Å². The molecule has 5 rings (SSSR count). The van der Waals surface area contributed by atoms with E-state index in [0.29, 0.717) is 25.2 Å². The Kier molecular flexibility index (Phi) is 8.51. The summed E-state index contributed by atoms with van der Waals surface area (Å²) in [5.74, 6) is -3.38. The van der Waals surface area contributed by atoms with Gasteiger partial charge in [-0.25, -0.2) is 8.78 Å². The molecule has 1 aliphatic heterocycles. The maximum Gasteiger partial charge on any atom is 0.312 e. The lowest BCUT2D eigenvalue weighted by Gasteiger charge is -2.44. The van der Waals surface area contributed by atoms with Crippen LogP contribution in [0.1, 0.15) is 61.3 Å². The van der Waals surface area contributed by atoms with Crippen molar-refractivity contribution in [1.82, 2.24) is 20.4 Å². The Balaban J connectivity index is 1.32. The van der Waals surface area contributed by atoms with Gasteiger partial charge in [0.25, 0.3) is 5.91 Å². The number of aliphatic hydroxyl groups excluding tert-OH is 1. The Morgan fingerprint density at radius 3 is 2.73 bits per heavy atom. The Morgan fingerprint density at radius 1 is 1.15 bits per heavy atom. The molecule has 3 heterocycles. The summed E-state index contributed by atoms with van der Waals surface area (Å²) >= 11 is 0. The quantitative estimate of drug-likeness (QED) is 0.420. The van der Waals surface area contributed by atoms with Crippen LogP contribution in [0.15, 0.2) is 53.2 Å². The molecular weight excluding hydrogens is 522 g/mol. The van der Waals surface area contributed by atoms with Crippen molar-refractivity contribution in [2.75, 3.05) is 13.1 Å². The zero-order chi connectivity index (χ0) is 28.2. The average molecular weight is 555 g/mol. The van der Waals surface area contributed by atoms with Gasteiger partial charge in [-0.15, -0.1) is 0 Å². The van der Waals surface area contributed by atoms with Gasteiger partial charge in [-0.05, 0) is 50.5 Å². The molecule has 1 aliphatic carbocycles. The largest absolute Gasteiger partial charge is 0.456 e. The van der Waals surface area contributed by atoms with Crippen molar-refractivity contribution in [3.8, 4) is 11.3 Å². The van der Waals surface area contributed by atoms with E-state index in [1.165, 1.54) is 12.1 Å². The van der Waals surface area contributed by atoms with Crippen LogP contribution in [0.4, 0.5) is 8.78 Å². The minimum absolute atomic E-state index is 0.0242. The number of ether oxygens (including phenoxy) is 1. The first-order valence-electron chi connectivity index (χ1n) is 13.6. The highest BCUT2D eigenvalue weighted by Gasteiger charge is 2.41. The molecule has 9 nitrogen and oxygen atoms in total. The van der Waals surface area contributed by atoms with Crippen LogP contribution in [-0.2, 0) is 9.53 Å². The van der Waals surface area contributed by atoms with Crippen molar-refractivity contribution in [3.63, 3.8) is 0 Å². The topological polar surface area (TPSA) is 118 Å². The maximum atomic E-state index is 14.2. The molecular formula is C29H32F2N4O5. The maximum absolute atomic E-state index is 14.2. The smallest absolute Gasteiger partial charge is 0.312 e. The number of hydrogen-bond donors (Lipinski definition) is 2. The molecule has 40 heavy (non-hydrogen) atoms. The third-order valence-electron chi connectivity index (χ3n) is 7.76. The molecule has 2 aromatic heterocycles. The number of pyridine rings is 1. The fourth-order valence-electron chi connectivity index (χ4n) is 5.59.